The second-order valence-corrected chi connectivity index (χ2v) is 7.69. The summed E-state index contributed by atoms with van der Waals surface area (Å²) in [7, 11) is 0. The molecule has 3 aromatic rings. The Morgan fingerprint density at radius 2 is 2.07 bits per heavy atom. The monoisotopic (exact) mass is 417 g/mol. The molecule has 146 valence electrons. The van der Waals surface area contributed by atoms with Gasteiger partial charge in [-0.15, -0.1) is 16.8 Å². The fraction of sp³-hybridized carbons (Fsp3) is 0.238. The van der Waals surface area contributed by atoms with Gasteiger partial charge in [-0.2, -0.15) is 0 Å². The van der Waals surface area contributed by atoms with Crippen molar-refractivity contribution in [1.29, 1.82) is 0 Å². The van der Waals surface area contributed by atoms with Crippen LogP contribution >= 0.6 is 23.4 Å². The van der Waals surface area contributed by atoms with Crippen molar-refractivity contribution in [3.63, 3.8) is 0 Å². The van der Waals surface area contributed by atoms with E-state index in [1.165, 1.54) is 23.4 Å². The molecule has 0 atom stereocenters. The van der Waals surface area contributed by atoms with Crippen LogP contribution in [0.25, 0.3) is 0 Å². The molecule has 1 aromatic heterocycles. The average Bonchev–Trinajstić information content (AvgIpc) is 3.03. The molecule has 4 nitrogen and oxygen atoms in total. The van der Waals surface area contributed by atoms with Gasteiger partial charge in [0.2, 0.25) is 0 Å². The Morgan fingerprint density at radius 3 is 2.79 bits per heavy atom. The minimum absolute atomic E-state index is 0.283. The predicted molar refractivity (Wildman–Crippen MR) is 111 cm³/mol. The molecule has 0 saturated carbocycles. The number of halogens is 2. The third kappa shape index (κ3) is 4.75. The summed E-state index contributed by atoms with van der Waals surface area (Å²) >= 11 is 7.49. The van der Waals surface area contributed by atoms with Crippen molar-refractivity contribution >= 4 is 23.4 Å². The molecular formula is C21H21ClFN3OS. The van der Waals surface area contributed by atoms with Gasteiger partial charge in [0.15, 0.2) is 11.0 Å². The van der Waals surface area contributed by atoms with E-state index in [4.69, 9.17) is 16.3 Å². The predicted octanol–water partition coefficient (Wildman–Crippen LogP) is 5.74. The summed E-state index contributed by atoms with van der Waals surface area (Å²) in [5, 5.41) is 9.56. The molecule has 7 heteroatoms. The van der Waals surface area contributed by atoms with Crippen molar-refractivity contribution in [3.05, 3.63) is 82.4 Å². The van der Waals surface area contributed by atoms with Crippen LogP contribution in [0.5, 0.6) is 5.75 Å². The Labute approximate surface area is 173 Å². The highest BCUT2D eigenvalue weighted by atomic mass is 35.5. The van der Waals surface area contributed by atoms with Gasteiger partial charge in [0.25, 0.3) is 0 Å². The summed E-state index contributed by atoms with van der Waals surface area (Å²) in [5.74, 6) is 1.53. The van der Waals surface area contributed by atoms with Crippen LogP contribution < -0.4 is 4.74 Å². The zero-order valence-electron chi connectivity index (χ0n) is 15.8. The number of aryl methyl sites for hydroxylation is 2. The highest BCUT2D eigenvalue weighted by molar-refractivity contribution is 7.98. The van der Waals surface area contributed by atoms with E-state index in [1.807, 2.05) is 30.5 Å². The molecule has 3 rings (SSSR count). The van der Waals surface area contributed by atoms with Gasteiger partial charge in [-0.3, -0.25) is 4.57 Å². The van der Waals surface area contributed by atoms with Crippen LogP contribution in [-0.2, 0) is 18.9 Å². The lowest BCUT2D eigenvalue weighted by atomic mass is 10.1. The Morgan fingerprint density at radius 1 is 1.25 bits per heavy atom. The van der Waals surface area contributed by atoms with Crippen LogP contribution in [0.1, 0.15) is 22.5 Å². The molecule has 0 radical (unpaired) electrons. The van der Waals surface area contributed by atoms with Crippen molar-refractivity contribution in [2.24, 2.45) is 0 Å². The maximum Gasteiger partial charge on any atom is 0.191 e. The second-order valence-electron chi connectivity index (χ2n) is 6.34. The van der Waals surface area contributed by atoms with E-state index >= 15 is 0 Å². The second kappa shape index (κ2) is 9.26. The molecule has 28 heavy (non-hydrogen) atoms. The maximum atomic E-state index is 14.0. The minimum atomic E-state index is -0.326. The lowest BCUT2D eigenvalue weighted by molar-refractivity contribution is 0.287. The number of aromatic nitrogens is 3. The van der Waals surface area contributed by atoms with Crippen LogP contribution in [0.3, 0.4) is 0 Å². The lowest BCUT2D eigenvalue weighted by Crippen LogP contribution is -2.08. The first-order chi connectivity index (χ1) is 13.5. The van der Waals surface area contributed by atoms with Gasteiger partial charge in [0.1, 0.15) is 18.2 Å². The van der Waals surface area contributed by atoms with E-state index in [9.17, 15) is 4.39 Å². The highest BCUT2D eigenvalue weighted by Gasteiger charge is 2.15. The van der Waals surface area contributed by atoms with Crippen LogP contribution in [0, 0.1) is 19.7 Å². The fourth-order valence-corrected chi connectivity index (χ4v) is 4.07. The van der Waals surface area contributed by atoms with Gasteiger partial charge in [-0.1, -0.05) is 53.2 Å². The lowest BCUT2D eigenvalue weighted by Gasteiger charge is -2.11. The summed E-state index contributed by atoms with van der Waals surface area (Å²) in [5.41, 5.74) is 2.71. The third-order valence-electron chi connectivity index (χ3n) is 4.20. The van der Waals surface area contributed by atoms with Gasteiger partial charge in [-0.05, 0) is 37.6 Å². The van der Waals surface area contributed by atoms with Gasteiger partial charge in [-0.25, -0.2) is 4.39 Å². The smallest absolute Gasteiger partial charge is 0.191 e. The van der Waals surface area contributed by atoms with Crippen molar-refractivity contribution < 1.29 is 9.13 Å². The number of allylic oxidation sites excluding steroid dienone is 1. The van der Waals surface area contributed by atoms with Crippen molar-refractivity contribution in [1.82, 2.24) is 14.8 Å². The SMILES string of the molecule is C=CCn1c(COc2ccc(C)cc2C)nnc1SCc1c(F)cccc1Cl. The number of rotatable bonds is 8. The van der Waals surface area contributed by atoms with Crippen molar-refractivity contribution in [3.8, 4) is 5.75 Å². The summed E-state index contributed by atoms with van der Waals surface area (Å²) < 4.78 is 21.8. The Balaban J connectivity index is 1.75. The molecule has 0 aliphatic carbocycles. The number of thioether (sulfide) groups is 1. The standard InChI is InChI=1S/C21H21ClFN3OS/c1-4-10-26-20(12-27-19-9-8-14(2)11-15(19)3)24-25-21(26)28-13-16-17(22)6-5-7-18(16)23/h4-9,11H,1,10,12-13H2,2-3H3. The minimum Gasteiger partial charge on any atom is -0.485 e. The molecule has 0 aliphatic rings. The van der Waals surface area contributed by atoms with E-state index in [1.54, 1.807) is 18.2 Å². The van der Waals surface area contributed by atoms with Gasteiger partial charge in [0.05, 0.1) is 0 Å². The molecule has 0 saturated heterocycles. The zero-order chi connectivity index (χ0) is 20.1. The van der Waals surface area contributed by atoms with E-state index in [-0.39, 0.29) is 12.4 Å². The Kier molecular flexibility index (Phi) is 6.75. The number of hydrogen-bond acceptors (Lipinski definition) is 4. The summed E-state index contributed by atoms with van der Waals surface area (Å²) in [6.07, 6.45) is 1.77. The number of hydrogen-bond donors (Lipinski definition) is 0. The van der Waals surface area contributed by atoms with Crippen LogP contribution in [0.4, 0.5) is 4.39 Å². The third-order valence-corrected chi connectivity index (χ3v) is 5.55. The van der Waals surface area contributed by atoms with Crippen LogP contribution in [0.15, 0.2) is 54.2 Å². The molecular weight excluding hydrogens is 397 g/mol. The zero-order valence-corrected chi connectivity index (χ0v) is 17.4. The Bertz CT molecular complexity index is 970. The van der Waals surface area contributed by atoms with Gasteiger partial charge < -0.3 is 4.74 Å². The Hall–Kier alpha value is -2.31. The summed E-state index contributed by atoms with van der Waals surface area (Å²) in [6.45, 7) is 8.67. The van der Waals surface area contributed by atoms with E-state index in [2.05, 4.69) is 22.8 Å². The maximum absolute atomic E-state index is 14.0. The molecule has 2 aromatic carbocycles. The first-order valence-electron chi connectivity index (χ1n) is 8.78. The molecule has 0 unspecified atom stereocenters. The first-order valence-corrected chi connectivity index (χ1v) is 10.1. The number of ether oxygens (including phenoxy) is 1. The van der Waals surface area contributed by atoms with Crippen molar-refractivity contribution in [2.45, 2.75) is 37.9 Å². The molecule has 0 aliphatic heterocycles. The van der Waals surface area contributed by atoms with Gasteiger partial charge in [0, 0.05) is 22.9 Å². The van der Waals surface area contributed by atoms with Gasteiger partial charge >= 0.3 is 0 Å². The fourth-order valence-electron chi connectivity index (χ4n) is 2.76. The molecule has 0 N–H and O–H groups in total. The highest BCUT2D eigenvalue weighted by Crippen LogP contribution is 2.28. The molecule has 0 spiro atoms. The topological polar surface area (TPSA) is 39.9 Å². The summed E-state index contributed by atoms with van der Waals surface area (Å²) in [4.78, 5) is 0. The quantitative estimate of drug-likeness (QED) is 0.346. The number of benzene rings is 2. The molecule has 0 amide bonds. The average molecular weight is 418 g/mol. The van der Waals surface area contributed by atoms with E-state index < -0.39 is 0 Å². The first kappa shape index (κ1) is 20.4. The molecule has 1 heterocycles. The van der Waals surface area contributed by atoms with Crippen LogP contribution in [0.2, 0.25) is 5.02 Å². The van der Waals surface area contributed by atoms with E-state index in [0.29, 0.717) is 33.9 Å². The molecule has 0 bridgehead atoms. The summed E-state index contributed by atoms with van der Waals surface area (Å²) in [6, 6.07) is 10.7. The normalized spacial score (nSPS) is 10.9. The van der Waals surface area contributed by atoms with Crippen LogP contribution in [-0.4, -0.2) is 14.8 Å². The van der Waals surface area contributed by atoms with Crippen molar-refractivity contribution in [2.75, 3.05) is 0 Å². The largest absolute Gasteiger partial charge is 0.485 e. The van der Waals surface area contributed by atoms with E-state index in [0.717, 1.165) is 11.3 Å². The molecule has 0 fully saturated rings. The number of nitrogens with zero attached hydrogens (tertiary/aromatic N) is 3.